The van der Waals surface area contributed by atoms with E-state index in [9.17, 15) is 9.59 Å². The molecule has 2 aromatic carbocycles. The van der Waals surface area contributed by atoms with Crippen LogP contribution >= 0.6 is 0 Å². The van der Waals surface area contributed by atoms with Gasteiger partial charge in [-0.25, -0.2) is 9.48 Å². The third-order valence-corrected chi connectivity index (χ3v) is 5.27. The van der Waals surface area contributed by atoms with Crippen molar-refractivity contribution in [1.29, 1.82) is 0 Å². The quantitative estimate of drug-likeness (QED) is 0.434. The number of amides is 1. The van der Waals surface area contributed by atoms with Crippen molar-refractivity contribution in [3.63, 3.8) is 0 Å². The number of carbonyl (C=O) groups is 2. The summed E-state index contributed by atoms with van der Waals surface area (Å²) in [7, 11) is 0. The molecule has 1 N–H and O–H groups in total. The van der Waals surface area contributed by atoms with Crippen LogP contribution in [0.1, 0.15) is 50.6 Å². The molecule has 0 aliphatic carbocycles. The monoisotopic (exact) mass is 440 g/mol. The van der Waals surface area contributed by atoms with Crippen LogP contribution in [0.3, 0.4) is 0 Å². The molecular weight excluding hydrogens is 416 g/mol. The van der Waals surface area contributed by atoms with Crippen LogP contribution in [-0.2, 0) is 4.74 Å². The highest BCUT2D eigenvalue weighted by molar-refractivity contribution is 5.95. The Morgan fingerprint density at radius 3 is 2.39 bits per heavy atom. The van der Waals surface area contributed by atoms with Crippen molar-refractivity contribution < 1.29 is 14.3 Å². The van der Waals surface area contributed by atoms with Gasteiger partial charge in [0.15, 0.2) is 0 Å². The molecule has 0 saturated carbocycles. The van der Waals surface area contributed by atoms with E-state index in [4.69, 9.17) is 4.74 Å². The molecule has 4 aromatic rings. The first-order valence-corrected chi connectivity index (χ1v) is 10.7. The van der Waals surface area contributed by atoms with Gasteiger partial charge in [0.25, 0.3) is 5.91 Å². The molecule has 0 spiro atoms. The third-order valence-electron chi connectivity index (χ3n) is 5.27. The predicted molar refractivity (Wildman–Crippen MR) is 124 cm³/mol. The Bertz CT molecular complexity index is 1200. The summed E-state index contributed by atoms with van der Waals surface area (Å²) in [6.07, 6.45) is 3.20. The molecule has 0 radical (unpaired) electrons. The number of pyridine rings is 1. The van der Waals surface area contributed by atoms with Crippen LogP contribution in [0.15, 0.2) is 85.2 Å². The number of esters is 1. The van der Waals surface area contributed by atoms with E-state index in [1.807, 2.05) is 48.5 Å². The van der Waals surface area contributed by atoms with E-state index in [1.54, 1.807) is 49.0 Å². The van der Waals surface area contributed by atoms with Crippen molar-refractivity contribution in [2.75, 3.05) is 6.61 Å². The highest BCUT2D eigenvalue weighted by Gasteiger charge is 2.20. The number of ether oxygens (including phenoxy) is 1. The summed E-state index contributed by atoms with van der Waals surface area (Å²) in [5.41, 5.74) is 4.03. The molecule has 1 unspecified atom stereocenters. The number of nitrogens with one attached hydrogen (secondary N) is 1. The van der Waals surface area contributed by atoms with Crippen LogP contribution in [0, 0.1) is 6.92 Å². The molecule has 4 rings (SSSR count). The highest BCUT2D eigenvalue weighted by Crippen LogP contribution is 2.21. The molecule has 7 nitrogen and oxygen atoms in total. The van der Waals surface area contributed by atoms with E-state index in [0.29, 0.717) is 23.4 Å². The number of nitrogens with zero attached hydrogens (tertiary/aromatic N) is 3. The summed E-state index contributed by atoms with van der Waals surface area (Å²) in [6, 6.07) is 22.0. The molecule has 166 valence electrons. The second kappa shape index (κ2) is 9.91. The zero-order valence-corrected chi connectivity index (χ0v) is 18.4. The number of hydrogen-bond acceptors (Lipinski definition) is 5. The normalized spacial score (nSPS) is 11.6. The summed E-state index contributed by atoms with van der Waals surface area (Å²) in [5.74, 6) is -0.621. The van der Waals surface area contributed by atoms with Gasteiger partial charge in [-0.2, -0.15) is 5.10 Å². The molecule has 33 heavy (non-hydrogen) atoms. The van der Waals surface area contributed by atoms with E-state index in [0.717, 1.165) is 16.9 Å². The van der Waals surface area contributed by atoms with Crippen molar-refractivity contribution in [2.24, 2.45) is 0 Å². The number of hydrogen-bond donors (Lipinski definition) is 1. The Hall–Kier alpha value is -4.26. The maximum Gasteiger partial charge on any atom is 0.341 e. The largest absolute Gasteiger partial charge is 0.462 e. The summed E-state index contributed by atoms with van der Waals surface area (Å²) in [4.78, 5) is 29.5. The Labute approximate surface area is 192 Å². The van der Waals surface area contributed by atoms with Gasteiger partial charge >= 0.3 is 5.97 Å². The highest BCUT2D eigenvalue weighted by atomic mass is 16.5. The smallest absolute Gasteiger partial charge is 0.341 e. The van der Waals surface area contributed by atoms with Crippen molar-refractivity contribution in [3.8, 4) is 5.69 Å². The summed E-state index contributed by atoms with van der Waals surface area (Å²) >= 11 is 0. The molecule has 2 heterocycles. The molecule has 0 aliphatic heterocycles. The fourth-order valence-corrected chi connectivity index (χ4v) is 3.57. The van der Waals surface area contributed by atoms with Crippen molar-refractivity contribution in [2.45, 2.75) is 19.9 Å². The summed E-state index contributed by atoms with van der Waals surface area (Å²) in [6.45, 7) is 3.87. The minimum atomic E-state index is -0.404. The molecule has 7 heteroatoms. The minimum Gasteiger partial charge on any atom is -0.462 e. The van der Waals surface area contributed by atoms with Gasteiger partial charge in [0.1, 0.15) is 5.56 Å². The lowest BCUT2D eigenvalue weighted by molar-refractivity contribution is 0.0525. The van der Waals surface area contributed by atoms with E-state index in [2.05, 4.69) is 15.4 Å². The van der Waals surface area contributed by atoms with Gasteiger partial charge in [-0.1, -0.05) is 36.4 Å². The van der Waals surface area contributed by atoms with Crippen molar-refractivity contribution in [1.82, 2.24) is 20.1 Å². The maximum atomic E-state index is 13.1. The summed E-state index contributed by atoms with van der Waals surface area (Å²) in [5, 5.41) is 7.38. The Kier molecular flexibility index (Phi) is 6.59. The van der Waals surface area contributed by atoms with Gasteiger partial charge in [0.05, 0.1) is 35.9 Å². The van der Waals surface area contributed by atoms with Crippen LogP contribution in [0.2, 0.25) is 0 Å². The van der Waals surface area contributed by atoms with Crippen LogP contribution in [0.4, 0.5) is 0 Å². The number of benzene rings is 2. The zero-order chi connectivity index (χ0) is 23.2. The van der Waals surface area contributed by atoms with E-state index in [1.165, 1.54) is 6.20 Å². The molecule has 0 aliphatic rings. The lowest BCUT2D eigenvalue weighted by Crippen LogP contribution is -2.29. The van der Waals surface area contributed by atoms with Crippen LogP contribution in [0.5, 0.6) is 0 Å². The molecule has 0 saturated heterocycles. The van der Waals surface area contributed by atoms with Gasteiger partial charge in [0, 0.05) is 11.8 Å². The minimum absolute atomic E-state index is 0.217. The van der Waals surface area contributed by atoms with Crippen LogP contribution in [-0.4, -0.2) is 33.2 Å². The first-order valence-electron chi connectivity index (χ1n) is 10.7. The zero-order valence-electron chi connectivity index (χ0n) is 18.4. The average Bonchev–Trinajstić information content (AvgIpc) is 3.25. The lowest BCUT2D eigenvalue weighted by Gasteiger charge is -2.19. The second-order valence-electron chi connectivity index (χ2n) is 7.39. The van der Waals surface area contributed by atoms with E-state index in [-0.39, 0.29) is 11.9 Å². The first kappa shape index (κ1) is 22.0. The third kappa shape index (κ3) is 4.82. The molecule has 2 aromatic heterocycles. The SMILES string of the molecule is CCOC(=O)c1cnn(-c2ccc(C(=O)NC(c3ccccc3)c3ccccn3)cc2)c1C. The van der Waals surface area contributed by atoms with Gasteiger partial charge in [0.2, 0.25) is 0 Å². The molecule has 1 atom stereocenters. The molecule has 0 bridgehead atoms. The number of aromatic nitrogens is 3. The van der Waals surface area contributed by atoms with Gasteiger partial charge < -0.3 is 10.1 Å². The van der Waals surface area contributed by atoms with E-state index < -0.39 is 5.97 Å². The second-order valence-corrected chi connectivity index (χ2v) is 7.39. The Morgan fingerprint density at radius 1 is 1.00 bits per heavy atom. The first-order chi connectivity index (χ1) is 16.1. The molecular formula is C26H24N4O3. The fourth-order valence-electron chi connectivity index (χ4n) is 3.57. The Balaban J connectivity index is 1.55. The maximum absolute atomic E-state index is 13.1. The molecule has 0 fully saturated rings. The van der Waals surface area contributed by atoms with Crippen molar-refractivity contribution in [3.05, 3.63) is 113 Å². The number of rotatable bonds is 7. The van der Waals surface area contributed by atoms with Gasteiger partial charge in [-0.05, 0) is 55.8 Å². The average molecular weight is 441 g/mol. The van der Waals surface area contributed by atoms with Crippen LogP contribution < -0.4 is 5.32 Å². The molecule has 1 amide bonds. The van der Waals surface area contributed by atoms with Crippen LogP contribution in [0.25, 0.3) is 5.69 Å². The summed E-state index contributed by atoms with van der Waals surface area (Å²) < 4.78 is 6.72. The van der Waals surface area contributed by atoms with Gasteiger partial charge in [-0.15, -0.1) is 0 Å². The lowest BCUT2D eigenvalue weighted by atomic mass is 10.0. The number of carbonyl (C=O) groups excluding carboxylic acids is 2. The van der Waals surface area contributed by atoms with Crippen molar-refractivity contribution >= 4 is 11.9 Å². The Morgan fingerprint density at radius 2 is 1.73 bits per heavy atom. The standard InChI is InChI=1S/C26H24N4O3/c1-3-33-26(32)22-17-28-30(18(22)2)21-14-12-20(13-15-21)25(31)29-24(19-9-5-4-6-10-19)23-11-7-8-16-27-23/h4-17,24H,3H2,1-2H3,(H,29,31). The van der Waals surface area contributed by atoms with Gasteiger partial charge in [-0.3, -0.25) is 9.78 Å². The topological polar surface area (TPSA) is 86.1 Å². The predicted octanol–water partition coefficient (Wildman–Crippen LogP) is 4.27. The fraction of sp³-hybridized carbons (Fsp3) is 0.154. The van der Waals surface area contributed by atoms with E-state index >= 15 is 0 Å².